The van der Waals surface area contributed by atoms with Gasteiger partial charge in [-0.05, 0) is 26.0 Å². The van der Waals surface area contributed by atoms with Crippen molar-refractivity contribution in [2.45, 2.75) is 19.4 Å². The van der Waals surface area contributed by atoms with Crippen LogP contribution >= 0.6 is 22.9 Å². The molecule has 0 fully saturated rings. The highest BCUT2D eigenvalue weighted by Crippen LogP contribution is 2.28. The van der Waals surface area contributed by atoms with Crippen LogP contribution in [-0.2, 0) is 5.54 Å². The molecule has 2 aromatic heterocycles. The number of hydrogen-bond donors (Lipinski definition) is 2. The first-order valence-electron chi connectivity index (χ1n) is 5.48. The average Bonchev–Trinajstić information content (AvgIpc) is 2.81. The lowest BCUT2D eigenvalue weighted by Gasteiger charge is -2.25. The van der Waals surface area contributed by atoms with Crippen molar-refractivity contribution in [3.8, 4) is 0 Å². The van der Waals surface area contributed by atoms with Gasteiger partial charge in [0.05, 0.1) is 5.54 Å². The fraction of sp³-hybridized carbons (Fsp3) is 0.250. The minimum absolute atomic E-state index is 0.0778. The largest absolute Gasteiger partial charge is 0.478 e. The molecule has 0 saturated heterocycles. The molecule has 0 amide bonds. The zero-order valence-electron chi connectivity index (χ0n) is 10.3. The lowest BCUT2D eigenvalue weighted by molar-refractivity contribution is 0.0697. The number of carbonyl (C=O) groups is 1. The third kappa shape index (κ3) is 3.02. The van der Waals surface area contributed by atoms with Crippen LogP contribution in [0.15, 0.2) is 23.7 Å². The summed E-state index contributed by atoms with van der Waals surface area (Å²) in [6.45, 7) is 3.81. The number of thiazole rings is 1. The molecule has 7 heteroatoms. The lowest BCUT2D eigenvalue weighted by atomic mass is 10.1. The van der Waals surface area contributed by atoms with Crippen LogP contribution in [-0.4, -0.2) is 21.0 Å². The van der Waals surface area contributed by atoms with Crippen LogP contribution in [0, 0.1) is 0 Å². The van der Waals surface area contributed by atoms with Gasteiger partial charge in [-0.3, -0.25) is 0 Å². The van der Waals surface area contributed by atoms with Crippen molar-refractivity contribution < 1.29 is 9.90 Å². The number of hydrogen-bond acceptors (Lipinski definition) is 5. The van der Waals surface area contributed by atoms with E-state index in [9.17, 15) is 4.79 Å². The molecule has 0 saturated carbocycles. The molecule has 0 radical (unpaired) electrons. The van der Waals surface area contributed by atoms with Crippen LogP contribution in [0.1, 0.15) is 29.2 Å². The minimum Gasteiger partial charge on any atom is -0.478 e. The maximum absolute atomic E-state index is 11.2. The first-order valence-corrected chi connectivity index (χ1v) is 6.74. The molecule has 2 N–H and O–H groups in total. The molecule has 0 aliphatic rings. The zero-order valence-corrected chi connectivity index (χ0v) is 11.9. The SMILES string of the molecule is CC(C)(Nc1nc(Cl)ccc1C(=O)O)c1nccs1. The van der Waals surface area contributed by atoms with Gasteiger partial charge in [0.15, 0.2) is 0 Å². The smallest absolute Gasteiger partial charge is 0.339 e. The zero-order chi connectivity index (χ0) is 14.0. The Hall–Kier alpha value is -1.66. The number of aromatic carboxylic acids is 1. The second-order valence-corrected chi connectivity index (χ2v) is 5.70. The molecule has 2 rings (SSSR count). The maximum Gasteiger partial charge on any atom is 0.339 e. The highest BCUT2D eigenvalue weighted by molar-refractivity contribution is 7.09. The van der Waals surface area contributed by atoms with Gasteiger partial charge in [-0.1, -0.05) is 11.6 Å². The summed E-state index contributed by atoms with van der Waals surface area (Å²) >= 11 is 7.30. The summed E-state index contributed by atoms with van der Waals surface area (Å²) in [5, 5.41) is 15.2. The number of aromatic nitrogens is 2. The Labute approximate surface area is 119 Å². The van der Waals surface area contributed by atoms with Crippen molar-refractivity contribution in [2.24, 2.45) is 0 Å². The first kappa shape index (κ1) is 13.8. The van der Waals surface area contributed by atoms with Crippen molar-refractivity contribution >= 4 is 34.7 Å². The fourth-order valence-corrected chi connectivity index (χ4v) is 2.45. The van der Waals surface area contributed by atoms with Crippen LogP contribution in [0.2, 0.25) is 5.15 Å². The van der Waals surface area contributed by atoms with E-state index in [2.05, 4.69) is 15.3 Å². The number of rotatable bonds is 4. The molecule has 0 unspecified atom stereocenters. The molecular formula is C12H12ClN3O2S. The molecule has 0 aliphatic carbocycles. The van der Waals surface area contributed by atoms with Crippen LogP contribution in [0.3, 0.4) is 0 Å². The van der Waals surface area contributed by atoms with Gasteiger partial charge < -0.3 is 10.4 Å². The van der Waals surface area contributed by atoms with Gasteiger partial charge in [0, 0.05) is 11.6 Å². The van der Waals surface area contributed by atoms with Gasteiger partial charge in [-0.2, -0.15) is 0 Å². The molecule has 0 spiro atoms. The average molecular weight is 298 g/mol. The number of carboxylic acid groups (broad SMARTS) is 1. The molecule has 0 aromatic carbocycles. The summed E-state index contributed by atoms with van der Waals surface area (Å²) in [6, 6.07) is 2.88. The molecule has 0 atom stereocenters. The Bertz CT molecular complexity index is 599. The Kier molecular flexibility index (Phi) is 3.73. The van der Waals surface area contributed by atoms with Gasteiger partial charge in [0.25, 0.3) is 0 Å². The summed E-state index contributed by atoms with van der Waals surface area (Å²) in [4.78, 5) is 19.4. The minimum atomic E-state index is -1.05. The number of carboxylic acids is 1. The standard InChI is InChI=1S/C12H12ClN3O2S/c1-12(2,11-14-5-6-19-11)16-9-7(10(17)18)3-4-8(13)15-9/h3-6H,1-2H3,(H,15,16)(H,17,18). The van der Waals surface area contributed by atoms with Crippen LogP contribution in [0.4, 0.5) is 5.82 Å². The van der Waals surface area contributed by atoms with E-state index in [1.54, 1.807) is 6.20 Å². The topological polar surface area (TPSA) is 75.1 Å². The van der Waals surface area contributed by atoms with Gasteiger partial charge in [0.1, 0.15) is 21.5 Å². The molecule has 0 aliphatic heterocycles. The van der Waals surface area contributed by atoms with E-state index in [-0.39, 0.29) is 16.5 Å². The molecule has 5 nitrogen and oxygen atoms in total. The third-order valence-electron chi connectivity index (χ3n) is 2.49. The highest BCUT2D eigenvalue weighted by atomic mass is 35.5. The first-order chi connectivity index (χ1) is 8.90. The number of nitrogens with one attached hydrogen (secondary N) is 1. The van der Waals surface area contributed by atoms with E-state index >= 15 is 0 Å². The summed E-state index contributed by atoms with van der Waals surface area (Å²) in [6.07, 6.45) is 1.70. The van der Waals surface area contributed by atoms with Gasteiger partial charge in [0.2, 0.25) is 0 Å². The van der Waals surface area contributed by atoms with Gasteiger partial charge in [-0.15, -0.1) is 11.3 Å². The number of halogens is 1. The Morgan fingerprint density at radius 1 is 1.47 bits per heavy atom. The van der Waals surface area contributed by atoms with Gasteiger partial charge in [-0.25, -0.2) is 14.8 Å². The molecule has 100 valence electrons. The van der Waals surface area contributed by atoms with Crippen LogP contribution in [0.25, 0.3) is 0 Å². The van der Waals surface area contributed by atoms with Crippen molar-refractivity contribution in [1.29, 1.82) is 0 Å². The predicted molar refractivity (Wildman–Crippen MR) is 75.0 cm³/mol. The number of anilines is 1. The third-order valence-corrected chi connectivity index (χ3v) is 3.80. The normalized spacial score (nSPS) is 11.3. The highest BCUT2D eigenvalue weighted by Gasteiger charge is 2.26. The van der Waals surface area contributed by atoms with Crippen molar-refractivity contribution in [1.82, 2.24) is 9.97 Å². The van der Waals surface area contributed by atoms with E-state index < -0.39 is 11.5 Å². The quantitative estimate of drug-likeness (QED) is 0.847. The van der Waals surface area contributed by atoms with Crippen molar-refractivity contribution in [2.75, 3.05) is 5.32 Å². The molecule has 0 bridgehead atoms. The number of pyridine rings is 1. The van der Waals surface area contributed by atoms with E-state index in [1.165, 1.54) is 23.5 Å². The molecular weight excluding hydrogens is 286 g/mol. The molecule has 19 heavy (non-hydrogen) atoms. The second kappa shape index (κ2) is 5.14. The Morgan fingerprint density at radius 3 is 2.79 bits per heavy atom. The summed E-state index contributed by atoms with van der Waals surface area (Å²) in [7, 11) is 0. The Balaban J connectivity index is 2.38. The summed E-state index contributed by atoms with van der Waals surface area (Å²) < 4.78 is 0. The Morgan fingerprint density at radius 2 is 2.21 bits per heavy atom. The van der Waals surface area contributed by atoms with E-state index in [0.29, 0.717) is 0 Å². The van der Waals surface area contributed by atoms with Crippen LogP contribution < -0.4 is 5.32 Å². The van der Waals surface area contributed by atoms with Crippen LogP contribution in [0.5, 0.6) is 0 Å². The molecule has 2 aromatic rings. The van der Waals surface area contributed by atoms with E-state index in [4.69, 9.17) is 16.7 Å². The maximum atomic E-state index is 11.2. The fourth-order valence-electron chi connectivity index (χ4n) is 1.58. The monoisotopic (exact) mass is 297 g/mol. The van der Waals surface area contributed by atoms with Gasteiger partial charge >= 0.3 is 5.97 Å². The van der Waals surface area contributed by atoms with Crippen molar-refractivity contribution in [3.63, 3.8) is 0 Å². The number of nitrogens with zero attached hydrogens (tertiary/aromatic N) is 2. The van der Waals surface area contributed by atoms with E-state index in [1.807, 2.05) is 19.2 Å². The molecule has 2 heterocycles. The van der Waals surface area contributed by atoms with E-state index in [0.717, 1.165) is 5.01 Å². The second-order valence-electron chi connectivity index (χ2n) is 4.42. The summed E-state index contributed by atoms with van der Waals surface area (Å²) in [5.74, 6) is -0.818. The summed E-state index contributed by atoms with van der Waals surface area (Å²) in [5.41, 5.74) is -0.454. The lowest BCUT2D eigenvalue weighted by Crippen LogP contribution is -2.29. The van der Waals surface area contributed by atoms with Crippen molar-refractivity contribution in [3.05, 3.63) is 39.4 Å². The predicted octanol–water partition coefficient (Wildman–Crippen LogP) is 3.24.